The molecule has 0 fully saturated rings. The summed E-state index contributed by atoms with van der Waals surface area (Å²) in [5.74, 6) is 0.410. The summed E-state index contributed by atoms with van der Waals surface area (Å²) < 4.78 is 28.0. The fourth-order valence-corrected chi connectivity index (χ4v) is 4.61. The second kappa shape index (κ2) is 6.41. The van der Waals surface area contributed by atoms with Crippen molar-refractivity contribution in [2.75, 3.05) is 4.72 Å². The number of rotatable bonds is 5. The van der Waals surface area contributed by atoms with Crippen molar-refractivity contribution in [3.63, 3.8) is 0 Å². The molecule has 0 aliphatic rings. The van der Waals surface area contributed by atoms with Gasteiger partial charge in [0.2, 0.25) is 0 Å². The lowest BCUT2D eigenvalue weighted by Crippen LogP contribution is -2.11. The molecule has 126 valence electrons. The third-order valence-electron chi connectivity index (χ3n) is 3.63. The number of aromatic nitrogens is 2. The Hall–Kier alpha value is -2.12. The average molecular weight is 361 g/mol. The molecule has 0 saturated heterocycles. The molecule has 0 amide bonds. The van der Waals surface area contributed by atoms with Crippen LogP contribution >= 0.6 is 11.3 Å². The van der Waals surface area contributed by atoms with E-state index < -0.39 is 10.0 Å². The first-order chi connectivity index (χ1) is 11.3. The summed E-state index contributed by atoms with van der Waals surface area (Å²) in [4.78, 5) is 0.815. The number of H-pyrrole nitrogens is 1. The van der Waals surface area contributed by atoms with Gasteiger partial charge in [0.15, 0.2) is 0 Å². The Morgan fingerprint density at radius 3 is 2.42 bits per heavy atom. The van der Waals surface area contributed by atoms with Gasteiger partial charge in [-0.25, -0.2) is 8.42 Å². The third-order valence-corrected chi connectivity index (χ3v) is 6.62. The molecule has 0 aliphatic carbocycles. The van der Waals surface area contributed by atoms with Gasteiger partial charge in [0, 0.05) is 11.4 Å². The summed E-state index contributed by atoms with van der Waals surface area (Å²) in [7, 11) is -3.60. The van der Waals surface area contributed by atoms with E-state index in [4.69, 9.17) is 0 Å². The van der Waals surface area contributed by atoms with Gasteiger partial charge in [0.05, 0.1) is 4.88 Å². The fourth-order valence-electron chi connectivity index (χ4n) is 2.29. The Labute approximate surface area is 145 Å². The molecule has 0 unspecified atom stereocenters. The summed E-state index contributed by atoms with van der Waals surface area (Å²) in [6.45, 7) is 6.11. The Bertz CT molecular complexity index is 938. The zero-order valence-corrected chi connectivity index (χ0v) is 15.3. The molecule has 0 bridgehead atoms. The highest BCUT2D eigenvalue weighted by atomic mass is 32.2. The minimum atomic E-state index is -3.60. The molecular weight excluding hydrogens is 342 g/mol. The number of nitrogens with zero attached hydrogens (tertiary/aromatic N) is 1. The number of benzene rings is 1. The lowest BCUT2D eigenvalue weighted by Gasteiger charge is -2.09. The van der Waals surface area contributed by atoms with E-state index in [9.17, 15) is 8.42 Å². The monoisotopic (exact) mass is 361 g/mol. The van der Waals surface area contributed by atoms with Crippen molar-refractivity contribution < 1.29 is 8.42 Å². The minimum Gasteiger partial charge on any atom is -0.282 e. The second-order valence-electron chi connectivity index (χ2n) is 5.94. The molecule has 3 rings (SSSR count). The van der Waals surface area contributed by atoms with Crippen LogP contribution in [0, 0.1) is 6.92 Å². The number of sulfonamides is 1. The van der Waals surface area contributed by atoms with Gasteiger partial charge in [-0.15, -0.1) is 11.3 Å². The summed E-state index contributed by atoms with van der Waals surface area (Å²) >= 11 is 1.20. The molecule has 1 aromatic carbocycles. The van der Waals surface area contributed by atoms with Crippen molar-refractivity contribution in [3.05, 3.63) is 53.7 Å². The number of nitrogens with one attached hydrogen (secondary N) is 2. The molecule has 0 saturated carbocycles. The van der Waals surface area contributed by atoms with Gasteiger partial charge < -0.3 is 0 Å². The first kappa shape index (κ1) is 16.7. The topological polar surface area (TPSA) is 74.8 Å². The Morgan fingerprint density at radius 2 is 1.83 bits per heavy atom. The van der Waals surface area contributed by atoms with Crippen LogP contribution in [0.25, 0.3) is 10.6 Å². The van der Waals surface area contributed by atoms with Crippen LogP contribution in [0.5, 0.6) is 0 Å². The van der Waals surface area contributed by atoms with Crippen LogP contribution in [0.15, 0.2) is 46.7 Å². The van der Waals surface area contributed by atoms with Gasteiger partial charge in [-0.2, -0.15) is 5.10 Å². The van der Waals surface area contributed by atoms with Crippen LogP contribution in [0.4, 0.5) is 5.69 Å². The van der Waals surface area contributed by atoms with E-state index in [0.717, 1.165) is 16.3 Å². The molecule has 2 N–H and O–H groups in total. The number of anilines is 1. The Kier molecular flexibility index (Phi) is 4.47. The number of thiophene rings is 1. The summed E-state index contributed by atoms with van der Waals surface area (Å²) in [5.41, 5.74) is 3.42. The van der Waals surface area contributed by atoms with Crippen LogP contribution in [0.3, 0.4) is 0 Å². The Balaban J connectivity index is 1.82. The lowest BCUT2D eigenvalue weighted by atomic mass is 10.0. The molecule has 0 atom stereocenters. The van der Waals surface area contributed by atoms with Crippen LogP contribution in [-0.2, 0) is 10.0 Å². The first-order valence-corrected chi connectivity index (χ1v) is 9.90. The van der Waals surface area contributed by atoms with Gasteiger partial charge in [0.25, 0.3) is 10.0 Å². The zero-order valence-electron chi connectivity index (χ0n) is 13.7. The van der Waals surface area contributed by atoms with E-state index in [0.29, 0.717) is 11.6 Å². The van der Waals surface area contributed by atoms with Crippen molar-refractivity contribution in [3.8, 4) is 10.6 Å². The van der Waals surface area contributed by atoms with Crippen molar-refractivity contribution >= 4 is 27.0 Å². The number of hydrogen-bond donors (Lipinski definition) is 2. The SMILES string of the molecule is Cc1cc(-c2ccc(S(=O)(=O)Nc3ccc(C(C)C)cc3)s2)n[nH]1. The molecule has 0 radical (unpaired) electrons. The maximum absolute atomic E-state index is 12.5. The van der Waals surface area contributed by atoms with Crippen LogP contribution in [0.2, 0.25) is 0 Å². The number of hydrogen-bond acceptors (Lipinski definition) is 4. The summed E-state index contributed by atoms with van der Waals surface area (Å²) in [5, 5.41) is 7.02. The van der Waals surface area contributed by atoms with Gasteiger partial charge in [-0.1, -0.05) is 26.0 Å². The van der Waals surface area contributed by atoms with Crippen LogP contribution < -0.4 is 4.72 Å². The molecule has 0 aliphatic heterocycles. The highest BCUT2D eigenvalue weighted by molar-refractivity contribution is 7.94. The van der Waals surface area contributed by atoms with Gasteiger partial charge in [0.1, 0.15) is 9.90 Å². The largest absolute Gasteiger partial charge is 0.282 e. The predicted molar refractivity (Wildman–Crippen MR) is 98.0 cm³/mol. The molecule has 7 heteroatoms. The molecule has 2 heterocycles. The number of aryl methyl sites for hydroxylation is 1. The minimum absolute atomic E-state index is 0.270. The smallest absolute Gasteiger partial charge is 0.271 e. The maximum atomic E-state index is 12.5. The lowest BCUT2D eigenvalue weighted by molar-refractivity contribution is 0.603. The van der Waals surface area contributed by atoms with Gasteiger partial charge >= 0.3 is 0 Å². The van der Waals surface area contributed by atoms with Crippen molar-refractivity contribution in [1.29, 1.82) is 0 Å². The van der Waals surface area contributed by atoms with E-state index in [-0.39, 0.29) is 4.21 Å². The standard InChI is InChI=1S/C17H19N3O2S2/c1-11(2)13-4-6-14(7-5-13)20-24(21,22)17-9-8-16(23-17)15-10-12(3)18-19-15/h4-11,20H,1-3H3,(H,18,19). The normalized spacial score (nSPS) is 11.8. The molecule has 2 aromatic heterocycles. The van der Waals surface area contributed by atoms with Gasteiger partial charge in [-0.3, -0.25) is 9.82 Å². The summed E-state index contributed by atoms with van der Waals surface area (Å²) in [6.07, 6.45) is 0. The van der Waals surface area contributed by atoms with Crippen LogP contribution in [0.1, 0.15) is 31.0 Å². The quantitative estimate of drug-likeness (QED) is 0.708. The molecule has 0 spiro atoms. The van der Waals surface area contributed by atoms with Crippen LogP contribution in [-0.4, -0.2) is 18.6 Å². The fraction of sp³-hybridized carbons (Fsp3) is 0.235. The zero-order chi connectivity index (χ0) is 17.3. The van der Waals surface area contributed by atoms with E-state index in [2.05, 4.69) is 28.8 Å². The van der Waals surface area contributed by atoms with Crippen molar-refractivity contribution in [1.82, 2.24) is 10.2 Å². The van der Waals surface area contributed by atoms with E-state index in [1.165, 1.54) is 16.9 Å². The highest BCUT2D eigenvalue weighted by Crippen LogP contribution is 2.31. The van der Waals surface area contributed by atoms with E-state index in [1.807, 2.05) is 25.1 Å². The predicted octanol–water partition coefficient (Wildman–Crippen LogP) is 4.37. The second-order valence-corrected chi connectivity index (χ2v) is 8.93. The maximum Gasteiger partial charge on any atom is 0.271 e. The number of aromatic amines is 1. The van der Waals surface area contributed by atoms with E-state index >= 15 is 0 Å². The third kappa shape index (κ3) is 3.52. The van der Waals surface area contributed by atoms with Crippen molar-refractivity contribution in [2.45, 2.75) is 30.9 Å². The van der Waals surface area contributed by atoms with E-state index in [1.54, 1.807) is 24.3 Å². The first-order valence-electron chi connectivity index (χ1n) is 7.60. The Morgan fingerprint density at radius 1 is 1.12 bits per heavy atom. The summed E-state index contributed by atoms with van der Waals surface area (Å²) in [6, 6.07) is 12.7. The average Bonchev–Trinajstić information content (AvgIpc) is 3.16. The molecule has 3 aromatic rings. The van der Waals surface area contributed by atoms with Crippen molar-refractivity contribution in [2.24, 2.45) is 0 Å². The molecule has 24 heavy (non-hydrogen) atoms. The molecular formula is C17H19N3O2S2. The highest BCUT2D eigenvalue weighted by Gasteiger charge is 2.18. The van der Waals surface area contributed by atoms with Gasteiger partial charge in [-0.05, 0) is 48.7 Å². The molecule has 5 nitrogen and oxygen atoms in total.